The average molecular weight is 362 g/mol. The fourth-order valence-corrected chi connectivity index (χ4v) is 3.94. The molecule has 1 N–H and O–H groups in total. The summed E-state index contributed by atoms with van der Waals surface area (Å²) >= 11 is 1.64. The van der Waals surface area contributed by atoms with E-state index in [4.69, 9.17) is 0 Å². The zero-order valence-electron chi connectivity index (χ0n) is 15.9. The maximum atomic E-state index is 3.39. The summed E-state index contributed by atoms with van der Waals surface area (Å²) in [6.45, 7) is 4.27. The summed E-state index contributed by atoms with van der Waals surface area (Å²) in [5, 5.41) is 0. The molecule has 1 aliphatic rings. The monoisotopic (exact) mass is 361 g/mol. The van der Waals surface area contributed by atoms with Gasteiger partial charge in [-0.05, 0) is 67.0 Å². The highest BCUT2D eigenvalue weighted by Gasteiger charge is 2.15. The largest absolute Gasteiger partial charge is 0.330 e. The lowest BCUT2D eigenvalue weighted by atomic mass is 9.94. The van der Waals surface area contributed by atoms with E-state index in [2.05, 4.69) is 91.6 Å². The highest BCUT2D eigenvalue weighted by molar-refractivity contribution is 7.99. The SMILES string of the molecule is C/C=C\C=C1\CCc2ccccc2/C(=C/c2cccc(NSC)c2C)C1. The number of anilines is 1. The van der Waals surface area contributed by atoms with Gasteiger partial charge in [-0.25, -0.2) is 0 Å². The molecule has 0 saturated carbocycles. The molecular weight excluding hydrogens is 334 g/mol. The first-order valence-corrected chi connectivity index (χ1v) is 10.4. The molecule has 1 nitrogen and oxygen atoms in total. The van der Waals surface area contributed by atoms with Gasteiger partial charge in [-0.2, -0.15) is 0 Å². The minimum absolute atomic E-state index is 1.01. The molecule has 0 fully saturated rings. The Kier molecular flexibility index (Phi) is 6.40. The molecule has 0 spiro atoms. The number of hydrogen-bond donors (Lipinski definition) is 1. The maximum Gasteiger partial charge on any atom is 0.0475 e. The van der Waals surface area contributed by atoms with Crippen molar-refractivity contribution in [3.63, 3.8) is 0 Å². The quantitative estimate of drug-likeness (QED) is 0.462. The fraction of sp³-hybridized carbons (Fsp3) is 0.250. The zero-order chi connectivity index (χ0) is 18.4. The highest BCUT2D eigenvalue weighted by Crippen LogP contribution is 2.35. The van der Waals surface area contributed by atoms with Gasteiger partial charge in [0.05, 0.1) is 0 Å². The number of hydrogen-bond acceptors (Lipinski definition) is 2. The second-order valence-corrected chi connectivity index (χ2v) is 7.29. The van der Waals surface area contributed by atoms with Crippen molar-refractivity contribution < 1.29 is 0 Å². The molecule has 0 atom stereocenters. The molecule has 0 unspecified atom stereocenters. The van der Waals surface area contributed by atoms with Gasteiger partial charge in [0, 0.05) is 11.9 Å². The molecule has 2 aromatic carbocycles. The van der Waals surface area contributed by atoms with Crippen LogP contribution in [0.2, 0.25) is 0 Å². The maximum absolute atomic E-state index is 3.39. The van der Waals surface area contributed by atoms with Crippen LogP contribution < -0.4 is 4.72 Å². The number of nitrogens with one attached hydrogen (secondary N) is 1. The van der Waals surface area contributed by atoms with Crippen molar-refractivity contribution in [1.82, 2.24) is 0 Å². The van der Waals surface area contributed by atoms with Gasteiger partial charge in [-0.1, -0.05) is 78.2 Å². The Morgan fingerprint density at radius 2 is 1.88 bits per heavy atom. The third-order valence-electron chi connectivity index (χ3n) is 4.94. The van der Waals surface area contributed by atoms with Crippen molar-refractivity contribution in [2.45, 2.75) is 33.1 Å². The van der Waals surface area contributed by atoms with E-state index in [-0.39, 0.29) is 0 Å². The zero-order valence-corrected chi connectivity index (χ0v) is 16.7. The van der Waals surface area contributed by atoms with Crippen molar-refractivity contribution >= 4 is 29.3 Å². The molecule has 0 saturated heterocycles. The van der Waals surface area contributed by atoms with Crippen LogP contribution in [0.5, 0.6) is 0 Å². The van der Waals surface area contributed by atoms with Gasteiger partial charge in [0.2, 0.25) is 0 Å². The fourth-order valence-electron chi connectivity index (χ4n) is 3.50. The van der Waals surface area contributed by atoms with E-state index >= 15 is 0 Å². The molecule has 0 radical (unpaired) electrons. The van der Waals surface area contributed by atoms with Gasteiger partial charge in [0.1, 0.15) is 0 Å². The summed E-state index contributed by atoms with van der Waals surface area (Å²) in [7, 11) is 0. The molecule has 1 aliphatic carbocycles. The van der Waals surface area contributed by atoms with Crippen molar-refractivity contribution in [3.8, 4) is 0 Å². The van der Waals surface area contributed by atoms with Crippen LogP contribution in [0.25, 0.3) is 11.6 Å². The molecule has 134 valence electrons. The Bertz CT molecular complexity index is 858. The van der Waals surface area contributed by atoms with E-state index in [0.717, 1.165) is 19.3 Å². The summed E-state index contributed by atoms with van der Waals surface area (Å²) in [6, 6.07) is 15.4. The van der Waals surface area contributed by atoms with E-state index in [1.165, 1.54) is 39.1 Å². The number of allylic oxidation sites excluding steroid dienone is 5. The number of benzene rings is 2. The molecule has 2 aromatic rings. The molecular formula is C24H27NS. The van der Waals surface area contributed by atoms with Gasteiger partial charge in [0.25, 0.3) is 0 Å². The number of fused-ring (bicyclic) bond motifs is 1. The number of aryl methyl sites for hydroxylation is 1. The molecule has 26 heavy (non-hydrogen) atoms. The molecule has 0 heterocycles. The van der Waals surface area contributed by atoms with Crippen molar-refractivity contribution in [3.05, 3.63) is 88.5 Å². The van der Waals surface area contributed by atoms with Gasteiger partial charge in [-0.15, -0.1) is 0 Å². The molecule has 2 heteroatoms. The van der Waals surface area contributed by atoms with Crippen LogP contribution in [-0.4, -0.2) is 6.26 Å². The van der Waals surface area contributed by atoms with E-state index in [0.29, 0.717) is 0 Å². The topological polar surface area (TPSA) is 12.0 Å². The van der Waals surface area contributed by atoms with E-state index in [9.17, 15) is 0 Å². The highest BCUT2D eigenvalue weighted by atomic mass is 32.2. The lowest BCUT2D eigenvalue weighted by Gasteiger charge is -2.13. The third-order valence-corrected chi connectivity index (χ3v) is 5.36. The lowest BCUT2D eigenvalue weighted by Crippen LogP contribution is -1.93. The summed E-state index contributed by atoms with van der Waals surface area (Å²) < 4.78 is 3.39. The number of rotatable bonds is 4. The van der Waals surface area contributed by atoms with Crippen molar-refractivity contribution in [2.75, 3.05) is 11.0 Å². The second-order valence-electron chi connectivity index (χ2n) is 6.68. The van der Waals surface area contributed by atoms with Gasteiger partial charge < -0.3 is 4.72 Å². The standard InChI is InChI=1S/C24H27NS/c1-4-5-9-19-14-15-20-10-6-7-12-23(20)22(16-19)17-21-11-8-13-24(18(21)2)25-26-3/h4-13,17,25H,14-16H2,1-3H3/b5-4-,19-9-,22-17+. The minimum Gasteiger partial charge on any atom is -0.330 e. The van der Waals surface area contributed by atoms with Crippen LogP contribution in [0.3, 0.4) is 0 Å². The molecule has 0 aromatic heterocycles. The van der Waals surface area contributed by atoms with Gasteiger partial charge in [-0.3, -0.25) is 0 Å². The van der Waals surface area contributed by atoms with E-state index in [1.807, 2.05) is 0 Å². The predicted octanol–water partition coefficient (Wildman–Crippen LogP) is 7.06. The van der Waals surface area contributed by atoms with Crippen LogP contribution in [-0.2, 0) is 6.42 Å². The second kappa shape index (κ2) is 8.95. The molecule has 0 bridgehead atoms. The Morgan fingerprint density at radius 1 is 1.04 bits per heavy atom. The first-order chi connectivity index (χ1) is 12.7. The molecule has 3 rings (SSSR count). The summed E-state index contributed by atoms with van der Waals surface area (Å²) in [6.07, 6.45) is 14.3. The lowest BCUT2D eigenvalue weighted by molar-refractivity contribution is 0.936. The minimum atomic E-state index is 1.01. The van der Waals surface area contributed by atoms with Crippen molar-refractivity contribution in [2.24, 2.45) is 0 Å². The van der Waals surface area contributed by atoms with Crippen molar-refractivity contribution in [1.29, 1.82) is 0 Å². The van der Waals surface area contributed by atoms with Crippen LogP contribution in [0.4, 0.5) is 5.69 Å². The third kappa shape index (κ3) is 4.31. The van der Waals surface area contributed by atoms with E-state index in [1.54, 1.807) is 11.9 Å². The smallest absolute Gasteiger partial charge is 0.0475 e. The molecule has 0 amide bonds. The van der Waals surface area contributed by atoms with Crippen LogP contribution >= 0.6 is 11.9 Å². The van der Waals surface area contributed by atoms with Crippen LogP contribution in [0.1, 0.15) is 42.0 Å². The summed E-state index contributed by atoms with van der Waals surface area (Å²) in [4.78, 5) is 0. The Balaban J connectivity index is 2.07. The van der Waals surface area contributed by atoms with Gasteiger partial charge in [0.15, 0.2) is 0 Å². The van der Waals surface area contributed by atoms with Crippen LogP contribution in [0.15, 0.2) is 66.3 Å². The summed E-state index contributed by atoms with van der Waals surface area (Å²) in [5.74, 6) is 0. The summed E-state index contributed by atoms with van der Waals surface area (Å²) in [5.41, 5.74) is 9.56. The first-order valence-electron chi connectivity index (χ1n) is 9.21. The first kappa shape index (κ1) is 18.6. The normalized spacial score (nSPS) is 17.5. The molecule has 0 aliphatic heterocycles. The average Bonchev–Trinajstić information content (AvgIpc) is 2.83. The van der Waals surface area contributed by atoms with Crippen LogP contribution in [0, 0.1) is 6.92 Å². The van der Waals surface area contributed by atoms with Gasteiger partial charge >= 0.3 is 0 Å². The van der Waals surface area contributed by atoms with E-state index < -0.39 is 0 Å². The Labute approximate surface area is 162 Å². The Hall–Kier alpha value is -2.19. The predicted molar refractivity (Wildman–Crippen MR) is 118 cm³/mol. The Morgan fingerprint density at radius 3 is 2.69 bits per heavy atom.